The SMILES string of the molecule is Nc1cc(F)ccc1S(=O)(=O)Nc1cccc(O)c1. The van der Waals surface area contributed by atoms with E-state index in [0.717, 1.165) is 18.2 Å². The maximum atomic E-state index is 12.9. The number of nitrogens with one attached hydrogen (secondary N) is 1. The first-order valence-corrected chi connectivity index (χ1v) is 6.74. The first kappa shape index (κ1) is 13.2. The van der Waals surface area contributed by atoms with Crippen molar-refractivity contribution in [3.63, 3.8) is 0 Å². The number of hydrogen-bond donors (Lipinski definition) is 3. The van der Waals surface area contributed by atoms with E-state index in [2.05, 4.69) is 4.72 Å². The predicted molar refractivity (Wildman–Crippen MR) is 69.7 cm³/mol. The lowest BCUT2D eigenvalue weighted by atomic mass is 10.3. The van der Waals surface area contributed by atoms with Crippen LogP contribution in [0.25, 0.3) is 0 Å². The molecule has 7 heteroatoms. The number of hydrogen-bond acceptors (Lipinski definition) is 4. The Morgan fingerprint density at radius 1 is 1.16 bits per heavy atom. The first-order chi connectivity index (χ1) is 8.88. The highest BCUT2D eigenvalue weighted by molar-refractivity contribution is 7.92. The topological polar surface area (TPSA) is 92.4 Å². The van der Waals surface area contributed by atoms with E-state index in [0.29, 0.717) is 0 Å². The van der Waals surface area contributed by atoms with Gasteiger partial charge in [0.25, 0.3) is 10.0 Å². The summed E-state index contributed by atoms with van der Waals surface area (Å²) < 4.78 is 39.2. The minimum atomic E-state index is -3.93. The molecule has 0 bridgehead atoms. The molecule has 2 aromatic carbocycles. The number of phenolic OH excluding ortho intramolecular Hbond substituents is 1. The number of rotatable bonds is 3. The zero-order valence-corrected chi connectivity index (χ0v) is 10.5. The van der Waals surface area contributed by atoms with Gasteiger partial charge in [-0.05, 0) is 30.3 Å². The third-order valence-corrected chi connectivity index (χ3v) is 3.81. The third kappa shape index (κ3) is 2.94. The summed E-state index contributed by atoms with van der Waals surface area (Å²) >= 11 is 0. The molecule has 0 heterocycles. The van der Waals surface area contributed by atoms with E-state index in [9.17, 15) is 17.9 Å². The maximum absolute atomic E-state index is 12.9. The molecular formula is C12H11FN2O3S. The maximum Gasteiger partial charge on any atom is 0.263 e. The number of aromatic hydroxyl groups is 1. The number of sulfonamides is 1. The molecule has 2 aromatic rings. The Kier molecular flexibility index (Phi) is 3.30. The van der Waals surface area contributed by atoms with Crippen molar-refractivity contribution in [1.82, 2.24) is 0 Å². The van der Waals surface area contributed by atoms with E-state index < -0.39 is 15.8 Å². The summed E-state index contributed by atoms with van der Waals surface area (Å²) in [7, 11) is -3.93. The van der Waals surface area contributed by atoms with Crippen LogP contribution in [-0.2, 0) is 10.0 Å². The van der Waals surface area contributed by atoms with E-state index in [1.807, 2.05) is 0 Å². The molecule has 0 aliphatic carbocycles. The van der Waals surface area contributed by atoms with Gasteiger partial charge in [-0.1, -0.05) is 6.07 Å². The van der Waals surface area contributed by atoms with Crippen LogP contribution in [0.2, 0.25) is 0 Å². The highest BCUT2D eigenvalue weighted by Gasteiger charge is 2.18. The van der Waals surface area contributed by atoms with Crippen LogP contribution in [0.15, 0.2) is 47.4 Å². The molecule has 0 unspecified atom stereocenters. The minimum absolute atomic E-state index is 0.0766. The van der Waals surface area contributed by atoms with E-state index in [4.69, 9.17) is 5.73 Å². The van der Waals surface area contributed by atoms with Gasteiger partial charge < -0.3 is 10.8 Å². The van der Waals surface area contributed by atoms with Gasteiger partial charge in [0.05, 0.1) is 11.4 Å². The fourth-order valence-electron chi connectivity index (χ4n) is 1.54. The van der Waals surface area contributed by atoms with Crippen molar-refractivity contribution in [3.8, 4) is 5.75 Å². The lowest BCUT2D eigenvalue weighted by Crippen LogP contribution is -2.14. The Hall–Kier alpha value is -2.28. The summed E-state index contributed by atoms with van der Waals surface area (Å²) in [5.41, 5.74) is 5.48. The van der Waals surface area contributed by atoms with Crippen molar-refractivity contribution < 1.29 is 17.9 Å². The lowest BCUT2D eigenvalue weighted by molar-refractivity contribution is 0.475. The highest BCUT2D eigenvalue weighted by atomic mass is 32.2. The van der Waals surface area contributed by atoms with Gasteiger partial charge in [-0.15, -0.1) is 0 Å². The van der Waals surface area contributed by atoms with Crippen LogP contribution in [0.5, 0.6) is 5.75 Å². The normalized spacial score (nSPS) is 11.2. The molecular weight excluding hydrogens is 271 g/mol. The number of halogens is 1. The summed E-state index contributed by atoms with van der Waals surface area (Å²) in [6, 6.07) is 8.62. The summed E-state index contributed by atoms with van der Waals surface area (Å²) in [6.45, 7) is 0. The van der Waals surface area contributed by atoms with Gasteiger partial charge in [-0.2, -0.15) is 0 Å². The lowest BCUT2D eigenvalue weighted by Gasteiger charge is -2.10. The quantitative estimate of drug-likeness (QED) is 0.750. The second-order valence-corrected chi connectivity index (χ2v) is 5.49. The third-order valence-electron chi connectivity index (χ3n) is 2.36. The summed E-state index contributed by atoms with van der Waals surface area (Å²) in [6.07, 6.45) is 0. The minimum Gasteiger partial charge on any atom is -0.508 e. The Morgan fingerprint density at radius 2 is 1.89 bits per heavy atom. The average Bonchev–Trinajstić information content (AvgIpc) is 2.27. The average molecular weight is 282 g/mol. The molecule has 0 atom stereocenters. The number of anilines is 2. The molecule has 4 N–H and O–H groups in total. The van der Waals surface area contributed by atoms with Crippen molar-refractivity contribution >= 4 is 21.4 Å². The first-order valence-electron chi connectivity index (χ1n) is 5.25. The van der Waals surface area contributed by atoms with E-state index in [1.54, 1.807) is 0 Å². The molecule has 0 spiro atoms. The second kappa shape index (κ2) is 4.77. The fraction of sp³-hybridized carbons (Fsp3) is 0. The molecule has 0 aliphatic heterocycles. The van der Waals surface area contributed by atoms with Gasteiger partial charge in [0.2, 0.25) is 0 Å². The van der Waals surface area contributed by atoms with Crippen molar-refractivity contribution in [2.45, 2.75) is 4.90 Å². The van der Waals surface area contributed by atoms with Crippen LogP contribution in [0.1, 0.15) is 0 Å². The number of benzene rings is 2. The predicted octanol–water partition coefficient (Wildman–Crippen LogP) is 1.91. The molecule has 100 valence electrons. The molecule has 0 saturated carbocycles. The summed E-state index contributed by atoms with van der Waals surface area (Å²) in [4.78, 5) is -0.225. The molecule has 2 rings (SSSR count). The van der Waals surface area contributed by atoms with Crippen LogP contribution >= 0.6 is 0 Å². The summed E-state index contributed by atoms with van der Waals surface area (Å²) in [5, 5.41) is 9.26. The summed E-state index contributed by atoms with van der Waals surface area (Å²) in [5.74, 6) is -0.693. The molecule has 19 heavy (non-hydrogen) atoms. The number of phenols is 1. The van der Waals surface area contributed by atoms with E-state index in [-0.39, 0.29) is 22.0 Å². The van der Waals surface area contributed by atoms with E-state index >= 15 is 0 Å². The molecule has 0 saturated heterocycles. The van der Waals surface area contributed by atoms with Crippen molar-refractivity contribution in [2.75, 3.05) is 10.5 Å². The molecule has 0 fully saturated rings. The Morgan fingerprint density at radius 3 is 2.53 bits per heavy atom. The van der Waals surface area contributed by atoms with Gasteiger partial charge in [0.1, 0.15) is 16.5 Å². The number of nitrogens with two attached hydrogens (primary N) is 1. The Bertz CT molecular complexity index is 717. The largest absolute Gasteiger partial charge is 0.508 e. The molecule has 0 amide bonds. The van der Waals surface area contributed by atoms with Crippen molar-refractivity contribution in [2.24, 2.45) is 0 Å². The van der Waals surface area contributed by atoms with Gasteiger partial charge >= 0.3 is 0 Å². The standard InChI is InChI=1S/C12H11FN2O3S/c13-8-4-5-12(11(14)6-8)19(17,18)15-9-2-1-3-10(16)7-9/h1-7,15-16H,14H2. The Labute approximate surface area is 109 Å². The van der Waals surface area contributed by atoms with Crippen molar-refractivity contribution in [1.29, 1.82) is 0 Å². The van der Waals surface area contributed by atoms with Crippen LogP contribution in [0, 0.1) is 5.82 Å². The van der Waals surface area contributed by atoms with Gasteiger partial charge in [-0.3, -0.25) is 4.72 Å². The van der Waals surface area contributed by atoms with Gasteiger partial charge in [0.15, 0.2) is 0 Å². The van der Waals surface area contributed by atoms with Crippen LogP contribution in [-0.4, -0.2) is 13.5 Å². The zero-order valence-electron chi connectivity index (χ0n) is 9.67. The number of nitrogen functional groups attached to an aromatic ring is 1. The van der Waals surface area contributed by atoms with E-state index in [1.165, 1.54) is 24.3 Å². The Balaban J connectivity index is 2.38. The monoisotopic (exact) mass is 282 g/mol. The van der Waals surface area contributed by atoms with Crippen molar-refractivity contribution in [3.05, 3.63) is 48.3 Å². The van der Waals surface area contributed by atoms with Crippen LogP contribution in [0.4, 0.5) is 15.8 Å². The molecule has 0 aromatic heterocycles. The molecule has 0 aliphatic rings. The van der Waals surface area contributed by atoms with Gasteiger partial charge in [-0.25, -0.2) is 12.8 Å². The highest BCUT2D eigenvalue weighted by Crippen LogP contribution is 2.23. The zero-order chi connectivity index (χ0) is 14.0. The van der Waals surface area contributed by atoms with Gasteiger partial charge in [0, 0.05) is 6.07 Å². The van der Waals surface area contributed by atoms with Crippen LogP contribution in [0.3, 0.4) is 0 Å². The fourth-order valence-corrected chi connectivity index (χ4v) is 2.71. The second-order valence-electron chi connectivity index (χ2n) is 3.84. The van der Waals surface area contributed by atoms with Crippen LogP contribution < -0.4 is 10.5 Å². The smallest absolute Gasteiger partial charge is 0.263 e. The molecule has 5 nitrogen and oxygen atoms in total. The molecule has 0 radical (unpaired) electrons.